The van der Waals surface area contributed by atoms with Crippen LogP contribution in [-0.4, -0.2) is 9.55 Å². The molecule has 0 amide bonds. The van der Waals surface area contributed by atoms with Gasteiger partial charge < -0.3 is 4.57 Å². The molecule has 46 heavy (non-hydrogen) atoms. The van der Waals surface area contributed by atoms with Crippen molar-refractivity contribution < 1.29 is 4.57 Å². The maximum absolute atomic E-state index is 4.90. The monoisotopic (exact) mass is 628 g/mol. The number of hydrogen-bond donors (Lipinski definition) is 0. The lowest BCUT2D eigenvalue weighted by atomic mass is 9.64. The van der Waals surface area contributed by atoms with Crippen LogP contribution in [0.3, 0.4) is 0 Å². The Labute approximate surface area is 280 Å². The highest BCUT2D eigenvalue weighted by molar-refractivity contribution is 7.26. The van der Waals surface area contributed by atoms with Gasteiger partial charge in [0, 0.05) is 62.2 Å². The summed E-state index contributed by atoms with van der Waals surface area (Å²) in [5.41, 5.74) is 9.56. The quantitative estimate of drug-likeness (QED) is 0.131. The van der Waals surface area contributed by atoms with Crippen molar-refractivity contribution in [1.29, 1.82) is 0 Å². The Balaban J connectivity index is 1.41. The number of aryl methyl sites for hydroxylation is 4. The van der Waals surface area contributed by atoms with Crippen molar-refractivity contribution in [2.45, 2.75) is 99.1 Å². The van der Waals surface area contributed by atoms with Crippen LogP contribution in [0.4, 0.5) is 0 Å². The van der Waals surface area contributed by atoms with Crippen molar-refractivity contribution >= 4 is 31.5 Å². The van der Waals surface area contributed by atoms with Gasteiger partial charge in [-0.2, -0.15) is 4.57 Å². The molecular weight excluding hydrogens is 579 g/mol. The van der Waals surface area contributed by atoms with Crippen molar-refractivity contribution in [2.24, 2.45) is 5.92 Å². The molecule has 0 aliphatic rings. The number of nitrogens with zero attached hydrogens (tertiary/aromatic N) is 3. The highest BCUT2D eigenvalue weighted by Gasteiger charge is 2.38. The molecule has 6 rings (SSSR count). The molecule has 0 aliphatic heterocycles. The van der Waals surface area contributed by atoms with Gasteiger partial charge in [0.2, 0.25) is 5.69 Å². The van der Waals surface area contributed by atoms with E-state index in [2.05, 4.69) is 144 Å². The first-order chi connectivity index (χ1) is 22.2. The Hall–Kier alpha value is -3.76. The average Bonchev–Trinajstić information content (AvgIpc) is 3.70. The maximum Gasteiger partial charge on any atom is 0.214 e. The predicted octanol–water partition coefficient (Wildman–Crippen LogP) is 11.6. The number of imidazole rings is 1. The van der Waals surface area contributed by atoms with Crippen molar-refractivity contribution in [3.8, 4) is 22.6 Å². The van der Waals surface area contributed by atoms with Crippen LogP contribution in [-0.2, 0) is 12.0 Å². The molecular formula is C42H50N3S+. The largest absolute Gasteiger partial charge is 0.328 e. The first-order valence-electron chi connectivity index (χ1n) is 17.2. The Kier molecular flexibility index (Phi) is 9.21. The van der Waals surface area contributed by atoms with Gasteiger partial charge in [0.1, 0.15) is 12.4 Å². The normalized spacial score (nSPS) is 13.9. The van der Waals surface area contributed by atoms with E-state index in [1.807, 2.05) is 17.5 Å². The summed E-state index contributed by atoms with van der Waals surface area (Å²) in [5.74, 6) is 1.63. The zero-order chi connectivity index (χ0) is 32.6. The first kappa shape index (κ1) is 32.2. The number of pyridine rings is 1. The van der Waals surface area contributed by atoms with E-state index in [-0.39, 0.29) is 5.41 Å². The number of rotatable bonds is 11. The lowest BCUT2D eigenvalue weighted by molar-refractivity contribution is -0.687. The first-order valence-corrected chi connectivity index (χ1v) is 18.1. The molecule has 2 unspecified atom stereocenters. The van der Waals surface area contributed by atoms with Crippen molar-refractivity contribution in [1.82, 2.24) is 9.55 Å². The van der Waals surface area contributed by atoms with E-state index in [0.717, 1.165) is 38.1 Å². The van der Waals surface area contributed by atoms with Gasteiger partial charge in [-0.15, -0.1) is 11.3 Å². The molecule has 3 nitrogen and oxygen atoms in total. The number of thiophene rings is 1. The molecule has 238 valence electrons. The van der Waals surface area contributed by atoms with E-state index in [1.165, 1.54) is 59.2 Å². The number of aromatic nitrogens is 3. The third kappa shape index (κ3) is 5.59. The van der Waals surface area contributed by atoms with E-state index in [9.17, 15) is 0 Å². The van der Waals surface area contributed by atoms with Gasteiger partial charge in [-0.1, -0.05) is 81.8 Å². The molecule has 2 atom stereocenters. The minimum Gasteiger partial charge on any atom is -0.328 e. The molecule has 0 aliphatic carbocycles. The minimum absolute atomic E-state index is 0.0565. The molecule has 0 saturated heterocycles. The van der Waals surface area contributed by atoms with Gasteiger partial charge in [0.05, 0.1) is 5.56 Å². The van der Waals surface area contributed by atoms with E-state index in [0.29, 0.717) is 12.0 Å². The third-order valence-electron chi connectivity index (χ3n) is 10.8. The average molecular weight is 629 g/mol. The Morgan fingerprint density at radius 2 is 1.63 bits per heavy atom. The van der Waals surface area contributed by atoms with Crippen LogP contribution in [0.15, 0.2) is 85.3 Å². The van der Waals surface area contributed by atoms with Crippen LogP contribution in [0, 0.1) is 26.7 Å². The fourth-order valence-corrected chi connectivity index (χ4v) is 9.09. The summed E-state index contributed by atoms with van der Waals surface area (Å²) in [6, 6.07) is 25.4. The lowest BCUT2D eigenvalue weighted by Gasteiger charge is -2.40. The molecule has 0 radical (unpaired) electrons. The minimum atomic E-state index is 0.0565. The molecule has 3 aromatic carbocycles. The molecule has 0 saturated carbocycles. The second kappa shape index (κ2) is 13.2. The van der Waals surface area contributed by atoms with Gasteiger partial charge in [-0.05, 0) is 81.5 Å². The number of benzene rings is 3. The highest BCUT2D eigenvalue weighted by atomic mass is 32.1. The van der Waals surface area contributed by atoms with Gasteiger partial charge in [0.15, 0.2) is 6.20 Å². The summed E-state index contributed by atoms with van der Waals surface area (Å²) in [7, 11) is 0. The smallest absolute Gasteiger partial charge is 0.214 e. The Morgan fingerprint density at radius 3 is 2.39 bits per heavy atom. The van der Waals surface area contributed by atoms with Crippen molar-refractivity contribution in [2.75, 3.05) is 0 Å². The summed E-state index contributed by atoms with van der Waals surface area (Å²) in [4.78, 5) is 4.90. The van der Waals surface area contributed by atoms with Gasteiger partial charge in [-0.25, -0.2) is 4.98 Å². The molecule has 6 aromatic rings. The standard InChI is InChI=1S/C42H50N3S/c1-9-32(8)42(10-2,36-18-13-11-17-35(36)41-43-23-25-45(41)28(3)4)22-15-24-44-27-31(7)30(6)26-37(44)39-29(5)20-21-34-33-16-12-14-19-38(33)46-40(34)39/h11-14,16-21,23,25-28,32H,9-10,15,22,24H2,1-8H3/q+1. The number of fused-ring (bicyclic) bond motifs is 3. The second-order valence-electron chi connectivity index (χ2n) is 13.7. The van der Waals surface area contributed by atoms with Crippen molar-refractivity contribution in [3.05, 3.63) is 108 Å². The van der Waals surface area contributed by atoms with Gasteiger partial charge >= 0.3 is 0 Å². The molecule has 0 spiro atoms. The molecule has 0 N–H and O–H groups in total. The zero-order valence-electron chi connectivity index (χ0n) is 29.0. The van der Waals surface area contributed by atoms with Gasteiger partial charge in [0.25, 0.3) is 0 Å². The SMILES string of the molecule is CCC(C)C(CC)(CCC[n+]1cc(C)c(C)cc1-c1c(C)ccc2c1sc1ccccc12)c1ccccc1-c1nccn1C(C)C. The molecule has 3 aromatic heterocycles. The predicted molar refractivity (Wildman–Crippen MR) is 198 cm³/mol. The summed E-state index contributed by atoms with van der Waals surface area (Å²) in [6.45, 7) is 19.5. The van der Waals surface area contributed by atoms with E-state index in [4.69, 9.17) is 4.98 Å². The zero-order valence-corrected chi connectivity index (χ0v) is 29.8. The third-order valence-corrected chi connectivity index (χ3v) is 12.0. The van der Waals surface area contributed by atoms with E-state index < -0.39 is 0 Å². The topological polar surface area (TPSA) is 21.7 Å². The van der Waals surface area contributed by atoms with Crippen LogP contribution in [0.5, 0.6) is 0 Å². The maximum atomic E-state index is 4.90. The Bertz CT molecular complexity index is 1990. The Morgan fingerprint density at radius 1 is 0.870 bits per heavy atom. The summed E-state index contributed by atoms with van der Waals surface area (Å²) in [5, 5.41) is 2.72. The van der Waals surface area contributed by atoms with E-state index >= 15 is 0 Å². The summed E-state index contributed by atoms with van der Waals surface area (Å²) < 4.78 is 7.64. The van der Waals surface area contributed by atoms with Crippen LogP contribution in [0.25, 0.3) is 42.8 Å². The molecule has 3 heterocycles. The van der Waals surface area contributed by atoms with Crippen molar-refractivity contribution in [3.63, 3.8) is 0 Å². The molecule has 0 fully saturated rings. The van der Waals surface area contributed by atoms with E-state index in [1.54, 1.807) is 0 Å². The van der Waals surface area contributed by atoms with Crippen LogP contribution < -0.4 is 4.57 Å². The molecule has 0 bridgehead atoms. The van der Waals surface area contributed by atoms with Crippen LogP contribution in [0.1, 0.15) is 88.6 Å². The fourth-order valence-electron chi connectivity index (χ4n) is 7.78. The second-order valence-corrected chi connectivity index (χ2v) is 14.7. The highest BCUT2D eigenvalue weighted by Crippen LogP contribution is 2.46. The van der Waals surface area contributed by atoms with Crippen LogP contribution >= 0.6 is 11.3 Å². The molecule has 4 heteroatoms. The summed E-state index contributed by atoms with van der Waals surface area (Å²) in [6.07, 6.45) is 11.0. The van der Waals surface area contributed by atoms with Gasteiger partial charge in [-0.3, -0.25) is 0 Å². The summed E-state index contributed by atoms with van der Waals surface area (Å²) >= 11 is 1.93. The fraction of sp³-hybridized carbons (Fsp3) is 0.381. The van der Waals surface area contributed by atoms with Crippen LogP contribution in [0.2, 0.25) is 0 Å². The lowest BCUT2D eigenvalue weighted by Crippen LogP contribution is -2.39. The number of hydrogen-bond acceptors (Lipinski definition) is 2.